The summed E-state index contributed by atoms with van der Waals surface area (Å²) in [7, 11) is -3.63. The van der Waals surface area contributed by atoms with Crippen LogP contribution in [0.3, 0.4) is 0 Å². The summed E-state index contributed by atoms with van der Waals surface area (Å²) in [4.78, 5) is 4.39. The van der Waals surface area contributed by atoms with Crippen molar-refractivity contribution in [2.24, 2.45) is 10.7 Å². The zero-order chi connectivity index (χ0) is 20.7. The Morgan fingerprint density at radius 1 is 1.14 bits per heavy atom. The fourth-order valence-corrected chi connectivity index (χ4v) is 4.91. The lowest BCUT2D eigenvalue weighted by Gasteiger charge is -2.38. The molecule has 1 aliphatic rings. The highest BCUT2D eigenvalue weighted by molar-refractivity contribution is 7.93. The number of ether oxygens (including phenoxy) is 1. The van der Waals surface area contributed by atoms with Crippen molar-refractivity contribution in [1.82, 2.24) is 0 Å². The molecule has 0 bridgehead atoms. The second kappa shape index (κ2) is 6.88. The highest BCUT2D eigenvalue weighted by Crippen LogP contribution is 2.39. The average molecular weight is 405 g/mol. The van der Waals surface area contributed by atoms with E-state index in [0.717, 1.165) is 12.0 Å². The summed E-state index contributed by atoms with van der Waals surface area (Å²) < 4.78 is 44.8. The van der Waals surface area contributed by atoms with Gasteiger partial charge in [0.05, 0.1) is 5.75 Å². The minimum Gasteiger partial charge on any atom is -0.457 e. The van der Waals surface area contributed by atoms with E-state index < -0.39 is 25.9 Å². The molecule has 2 aromatic carbocycles. The minimum atomic E-state index is -3.63. The van der Waals surface area contributed by atoms with Gasteiger partial charge in [-0.1, -0.05) is 19.1 Å². The van der Waals surface area contributed by atoms with Crippen LogP contribution in [0, 0.1) is 5.82 Å². The van der Waals surface area contributed by atoms with Gasteiger partial charge in [0, 0.05) is 5.56 Å². The van der Waals surface area contributed by atoms with E-state index in [1.54, 1.807) is 6.92 Å². The van der Waals surface area contributed by atoms with E-state index in [1.807, 2.05) is 31.2 Å². The molecule has 0 fully saturated rings. The van der Waals surface area contributed by atoms with Crippen LogP contribution in [0.1, 0.15) is 38.8 Å². The zero-order valence-corrected chi connectivity index (χ0v) is 17.3. The number of amidine groups is 1. The summed E-state index contributed by atoms with van der Waals surface area (Å²) in [6.07, 6.45) is 0.867. The molecule has 0 saturated carbocycles. The number of hydrogen-bond donors (Lipinski definition) is 1. The zero-order valence-electron chi connectivity index (χ0n) is 16.5. The first-order chi connectivity index (χ1) is 13.0. The molecule has 0 saturated heterocycles. The molecule has 0 amide bonds. The summed E-state index contributed by atoms with van der Waals surface area (Å²) in [5.74, 6) is 0.120. The maximum atomic E-state index is 14.7. The number of sulfone groups is 1. The van der Waals surface area contributed by atoms with Crippen molar-refractivity contribution in [1.29, 1.82) is 0 Å². The topological polar surface area (TPSA) is 81.8 Å². The molecule has 5 nitrogen and oxygen atoms in total. The van der Waals surface area contributed by atoms with Gasteiger partial charge in [-0.2, -0.15) is 0 Å². The number of benzene rings is 2. The van der Waals surface area contributed by atoms with Crippen LogP contribution in [0.15, 0.2) is 47.5 Å². The number of aryl methyl sites for hydroxylation is 1. The molecular formula is C21H25FN2O3S. The predicted octanol–water partition coefficient (Wildman–Crippen LogP) is 3.96. The molecule has 1 atom stereocenters. The highest BCUT2D eigenvalue weighted by atomic mass is 32.2. The quantitative estimate of drug-likeness (QED) is 0.836. The number of hydrogen-bond acceptors (Lipinski definition) is 5. The molecule has 7 heteroatoms. The number of nitrogens with two attached hydrogens (primary N) is 1. The smallest absolute Gasteiger partial charge is 0.165 e. The van der Waals surface area contributed by atoms with Crippen LogP contribution >= 0.6 is 0 Å². The van der Waals surface area contributed by atoms with Crippen molar-refractivity contribution in [2.75, 3.05) is 5.75 Å². The predicted molar refractivity (Wildman–Crippen MR) is 109 cm³/mol. The third kappa shape index (κ3) is 3.51. The van der Waals surface area contributed by atoms with Crippen molar-refractivity contribution in [3.63, 3.8) is 0 Å². The number of rotatable bonds is 4. The number of nitrogens with zero attached hydrogens (tertiary/aromatic N) is 1. The highest BCUT2D eigenvalue weighted by Gasteiger charge is 2.49. The molecule has 0 radical (unpaired) electrons. The lowest BCUT2D eigenvalue weighted by atomic mass is 9.93. The summed E-state index contributed by atoms with van der Waals surface area (Å²) in [6.45, 7) is 6.64. The van der Waals surface area contributed by atoms with Gasteiger partial charge in [-0.25, -0.2) is 12.8 Å². The van der Waals surface area contributed by atoms with Crippen LogP contribution in [0.2, 0.25) is 0 Å². The van der Waals surface area contributed by atoms with Crippen LogP contribution in [0.25, 0.3) is 0 Å². The van der Waals surface area contributed by atoms with Gasteiger partial charge in [0.2, 0.25) is 0 Å². The van der Waals surface area contributed by atoms with E-state index in [0.29, 0.717) is 11.5 Å². The van der Waals surface area contributed by atoms with Gasteiger partial charge in [0.15, 0.2) is 9.84 Å². The van der Waals surface area contributed by atoms with Crippen LogP contribution in [0.5, 0.6) is 11.5 Å². The Hall–Kier alpha value is -2.41. The van der Waals surface area contributed by atoms with Crippen LogP contribution in [-0.2, 0) is 21.8 Å². The summed E-state index contributed by atoms with van der Waals surface area (Å²) in [5, 5.41) is 0. The largest absolute Gasteiger partial charge is 0.457 e. The van der Waals surface area contributed by atoms with E-state index in [1.165, 1.54) is 32.0 Å². The molecule has 150 valence electrons. The maximum absolute atomic E-state index is 14.7. The molecule has 0 aliphatic carbocycles. The molecule has 28 heavy (non-hydrogen) atoms. The van der Waals surface area contributed by atoms with Gasteiger partial charge in [-0.15, -0.1) is 0 Å². The van der Waals surface area contributed by atoms with Gasteiger partial charge in [0.1, 0.15) is 33.4 Å². The van der Waals surface area contributed by atoms with Crippen LogP contribution in [0.4, 0.5) is 4.39 Å². The first kappa shape index (κ1) is 20.3. The molecule has 0 aromatic heterocycles. The fourth-order valence-electron chi connectivity index (χ4n) is 3.23. The lowest BCUT2D eigenvalue weighted by Crippen LogP contribution is -2.54. The third-order valence-electron chi connectivity index (χ3n) is 5.29. The Kier molecular flexibility index (Phi) is 5.00. The lowest BCUT2D eigenvalue weighted by molar-refractivity contribution is 0.456. The Morgan fingerprint density at radius 3 is 2.46 bits per heavy atom. The molecule has 1 heterocycles. The summed E-state index contributed by atoms with van der Waals surface area (Å²) >= 11 is 0. The van der Waals surface area contributed by atoms with Crippen molar-refractivity contribution in [3.8, 4) is 11.5 Å². The van der Waals surface area contributed by atoms with E-state index >= 15 is 0 Å². The minimum absolute atomic E-state index is 0.0254. The van der Waals surface area contributed by atoms with E-state index in [-0.39, 0.29) is 17.2 Å². The molecule has 0 spiro atoms. The first-order valence-corrected chi connectivity index (χ1v) is 10.8. The first-order valence-electron chi connectivity index (χ1n) is 9.13. The Bertz CT molecular complexity index is 1050. The molecule has 1 unspecified atom stereocenters. The average Bonchev–Trinajstić information content (AvgIpc) is 2.61. The van der Waals surface area contributed by atoms with Gasteiger partial charge in [0.25, 0.3) is 0 Å². The van der Waals surface area contributed by atoms with Crippen molar-refractivity contribution < 1.29 is 17.5 Å². The Morgan fingerprint density at radius 2 is 1.82 bits per heavy atom. The maximum Gasteiger partial charge on any atom is 0.165 e. The Balaban J connectivity index is 2.03. The summed E-state index contributed by atoms with van der Waals surface area (Å²) in [5.41, 5.74) is 5.89. The van der Waals surface area contributed by atoms with Crippen LogP contribution < -0.4 is 10.5 Å². The SMILES string of the molecule is CCc1cccc(Oc2ccc(F)c(C3(C)CS(=O)(=O)C(C)(C)C(N)=N3)c2)c1. The number of halogens is 1. The van der Waals surface area contributed by atoms with Gasteiger partial charge >= 0.3 is 0 Å². The van der Waals surface area contributed by atoms with E-state index in [4.69, 9.17) is 10.5 Å². The second-order valence-electron chi connectivity index (χ2n) is 7.78. The van der Waals surface area contributed by atoms with Crippen molar-refractivity contribution >= 4 is 15.7 Å². The standard InChI is InChI=1S/C21H25FN2O3S/c1-5-14-7-6-8-15(11-14)27-16-9-10-18(22)17(12-16)21(4)13-28(25,26)20(2,3)19(23)24-21/h6-12H,5,13H2,1-4H3,(H2,23,24). The van der Waals surface area contributed by atoms with Gasteiger partial charge in [-0.05, 0) is 63.1 Å². The summed E-state index contributed by atoms with van der Waals surface area (Å²) in [6, 6.07) is 11.9. The molecule has 1 aliphatic heterocycles. The van der Waals surface area contributed by atoms with Crippen LogP contribution in [-0.4, -0.2) is 24.8 Å². The van der Waals surface area contributed by atoms with E-state index in [2.05, 4.69) is 4.99 Å². The second-order valence-corrected chi connectivity index (χ2v) is 10.3. The normalized spacial score (nSPS) is 23.1. The van der Waals surface area contributed by atoms with Gasteiger partial charge < -0.3 is 10.5 Å². The van der Waals surface area contributed by atoms with Gasteiger partial charge in [-0.3, -0.25) is 4.99 Å². The monoisotopic (exact) mass is 404 g/mol. The van der Waals surface area contributed by atoms with Crippen molar-refractivity contribution in [2.45, 2.75) is 44.4 Å². The Labute approximate surface area is 165 Å². The molecule has 2 N–H and O–H groups in total. The molecule has 2 aromatic rings. The van der Waals surface area contributed by atoms with Crippen molar-refractivity contribution in [3.05, 3.63) is 59.4 Å². The third-order valence-corrected chi connectivity index (χ3v) is 8.00. The number of aliphatic imine (C=N–C) groups is 1. The molecule has 3 rings (SSSR count). The fraction of sp³-hybridized carbons (Fsp3) is 0.381. The van der Waals surface area contributed by atoms with E-state index in [9.17, 15) is 12.8 Å². The molecular weight excluding hydrogens is 379 g/mol.